The summed E-state index contributed by atoms with van der Waals surface area (Å²) in [5.41, 5.74) is -0.763. The Labute approximate surface area is 111 Å². The van der Waals surface area contributed by atoms with Crippen molar-refractivity contribution in [3.63, 3.8) is 0 Å². The number of hydrogen-bond donors (Lipinski definition) is 2. The van der Waals surface area contributed by atoms with Gasteiger partial charge in [0.05, 0.1) is 17.8 Å². The van der Waals surface area contributed by atoms with E-state index in [0.29, 0.717) is 12.6 Å². The van der Waals surface area contributed by atoms with Crippen LogP contribution in [0.25, 0.3) is 0 Å². The second-order valence-corrected chi connectivity index (χ2v) is 7.10. The van der Waals surface area contributed by atoms with Crippen LogP contribution in [0.15, 0.2) is 0 Å². The SMILES string of the molecule is CC1CCC(NC[C@@]2(O)CCOC(C)(C)C2)CC1. The normalized spacial score (nSPS) is 40.7. The van der Waals surface area contributed by atoms with Crippen LogP contribution in [0, 0.1) is 5.92 Å². The van der Waals surface area contributed by atoms with Crippen LogP contribution in [0.1, 0.15) is 59.3 Å². The van der Waals surface area contributed by atoms with Gasteiger partial charge in [-0.15, -0.1) is 0 Å². The molecule has 1 saturated carbocycles. The van der Waals surface area contributed by atoms with E-state index >= 15 is 0 Å². The molecule has 0 aromatic heterocycles. The van der Waals surface area contributed by atoms with E-state index in [9.17, 15) is 5.11 Å². The number of nitrogens with one attached hydrogen (secondary N) is 1. The second kappa shape index (κ2) is 5.48. The molecule has 106 valence electrons. The number of hydrogen-bond acceptors (Lipinski definition) is 3. The molecular weight excluding hydrogens is 226 g/mol. The Balaban J connectivity index is 1.78. The van der Waals surface area contributed by atoms with Crippen molar-refractivity contribution in [1.29, 1.82) is 0 Å². The van der Waals surface area contributed by atoms with Gasteiger partial charge in [-0.25, -0.2) is 0 Å². The molecule has 0 radical (unpaired) electrons. The monoisotopic (exact) mass is 255 g/mol. The standard InChI is InChI=1S/C15H29NO2/c1-12-4-6-13(7-5-12)16-11-15(17)8-9-18-14(2,3)10-15/h12-13,16-17H,4-11H2,1-3H3/t12?,13?,15-/m1/s1. The van der Waals surface area contributed by atoms with Gasteiger partial charge in [0, 0.05) is 25.4 Å². The summed E-state index contributed by atoms with van der Waals surface area (Å²) in [6, 6.07) is 0.608. The molecule has 0 amide bonds. The van der Waals surface area contributed by atoms with E-state index in [-0.39, 0.29) is 5.60 Å². The molecule has 0 spiro atoms. The molecule has 2 rings (SSSR count). The maximum Gasteiger partial charge on any atom is 0.0820 e. The Hall–Kier alpha value is -0.120. The first-order valence-electron chi connectivity index (χ1n) is 7.48. The summed E-state index contributed by atoms with van der Waals surface area (Å²) < 4.78 is 5.68. The average molecular weight is 255 g/mol. The van der Waals surface area contributed by atoms with Gasteiger partial charge in [-0.05, 0) is 45.4 Å². The fourth-order valence-electron chi connectivity index (χ4n) is 3.40. The molecule has 0 aromatic rings. The fraction of sp³-hybridized carbons (Fsp3) is 1.00. The van der Waals surface area contributed by atoms with Crippen LogP contribution < -0.4 is 5.32 Å². The van der Waals surface area contributed by atoms with Gasteiger partial charge in [-0.1, -0.05) is 6.92 Å². The highest BCUT2D eigenvalue weighted by Crippen LogP contribution is 2.32. The van der Waals surface area contributed by atoms with Crippen LogP contribution in [0.3, 0.4) is 0 Å². The summed E-state index contributed by atoms with van der Waals surface area (Å²) in [6.07, 6.45) is 6.66. The van der Waals surface area contributed by atoms with Crippen molar-refractivity contribution in [3.8, 4) is 0 Å². The molecule has 2 N–H and O–H groups in total. The Morgan fingerprint density at radius 1 is 1.22 bits per heavy atom. The molecule has 1 heterocycles. The van der Waals surface area contributed by atoms with Gasteiger partial charge in [-0.3, -0.25) is 0 Å². The van der Waals surface area contributed by atoms with E-state index in [0.717, 1.165) is 25.3 Å². The molecule has 3 heteroatoms. The van der Waals surface area contributed by atoms with Crippen molar-refractivity contribution in [2.75, 3.05) is 13.2 Å². The summed E-state index contributed by atoms with van der Waals surface area (Å²) in [5, 5.41) is 14.2. The zero-order valence-corrected chi connectivity index (χ0v) is 12.2. The van der Waals surface area contributed by atoms with Crippen molar-refractivity contribution in [2.45, 2.75) is 76.5 Å². The Morgan fingerprint density at radius 3 is 2.50 bits per heavy atom. The summed E-state index contributed by atoms with van der Waals surface area (Å²) in [7, 11) is 0. The van der Waals surface area contributed by atoms with E-state index in [1.807, 2.05) is 0 Å². The third-order valence-electron chi connectivity index (χ3n) is 4.55. The number of ether oxygens (including phenoxy) is 1. The van der Waals surface area contributed by atoms with Crippen LogP contribution in [-0.4, -0.2) is 35.5 Å². The maximum atomic E-state index is 10.6. The van der Waals surface area contributed by atoms with Gasteiger partial charge in [0.2, 0.25) is 0 Å². The van der Waals surface area contributed by atoms with E-state index in [2.05, 4.69) is 26.1 Å². The van der Waals surface area contributed by atoms with Crippen molar-refractivity contribution in [3.05, 3.63) is 0 Å². The summed E-state index contributed by atoms with van der Waals surface area (Å²) in [4.78, 5) is 0. The van der Waals surface area contributed by atoms with E-state index < -0.39 is 5.60 Å². The van der Waals surface area contributed by atoms with E-state index in [1.165, 1.54) is 25.7 Å². The maximum absolute atomic E-state index is 10.6. The van der Waals surface area contributed by atoms with Crippen molar-refractivity contribution < 1.29 is 9.84 Å². The lowest BCUT2D eigenvalue weighted by Crippen LogP contribution is -2.53. The van der Waals surface area contributed by atoms with Crippen LogP contribution in [-0.2, 0) is 4.74 Å². The molecule has 18 heavy (non-hydrogen) atoms. The highest BCUT2D eigenvalue weighted by atomic mass is 16.5. The lowest BCUT2D eigenvalue weighted by atomic mass is 9.83. The van der Waals surface area contributed by atoms with Gasteiger partial charge >= 0.3 is 0 Å². The third-order valence-corrected chi connectivity index (χ3v) is 4.55. The van der Waals surface area contributed by atoms with Gasteiger partial charge in [0.25, 0.3) is 0 Å². The van der Waals surface area contributed by atoms with Crippen LogP contribution in [0.5, 0.6) is 0 Å². The molecule has 1 aliphatic heterocycles. The Bertz CT molecular complexity index is 272. The smallest absolute Gasteiger partial charge is 0.0820 e. The number of aliphatic hydroxyl groups is 1. The highest BCUT2D eigenvalue weighted by molar-refractivity contribution is 4.93. The predicted octanol–water partition coefficient (Wildman–Crippen LogP) is 2.47. The molecule has 0 bridgehead atoms. The number of rotatable bonds is 3. The minimum atomic E-state index is -0.579. The lowest BCUT2D eigenvalue weighted by Gasteiger charge is -2.42. The molecule has 0 aromatic carbocycles. The lowest BCUT2D eigenvalue weighted by molar-refractivity contribution is -0.143. The topological polar surface area (TPSA) is 41.5 Å². The van der Waals surface area contributed by atoms with Crippen LogP contribution in [0.2, 0.25) is 0 Å². The molecule has 2 aliphatic rings. The Morgan fingerprint density at radius 2 is 1.89 bits per heavy atom. The fourth-order valence-corrected chi connectivity index (χ4v) is 3.40. The molecule has 0 unspecified atom stereocenters. The quantitative estimate of drug-likeness (QED) is 0.814. The summed E-state index contributed by atoms with van der Waals surface area (Å²) in [6.45, 7) is 7.87. The largest absolute Gasteiger partial charge is 0.388 e. The average Bonchev–Trinajstić information content (AvgIpc) is 2.27. The first-order chi connectivity index (χ1) is 8.39. The zero-order valence-electron chi connectivity index (χ0n) is 12.2. The van der Waals surface area contributed by atoms with Gasteiger partial charge in [-0.2, -0.15) is 0 Å². The van der Waals surface area contributed by atoms with E-state index in [4.69, 9.17) is 4.74 Å². The van der Waals surface area contributed by atoms with Gasteiger partial charge < -0.3 is 15.2 Å². The molecule has 1 atom stereocenters. The first kappa shape index (κ1) is 14.3. The predicted molar refractivity (Wildman–Crippen MR) is 73.6 cm³/mol. The van der Waals surface area contributed by atoms with Crippen LogP contribution >= 0.6 is 0 Å². The molecule has 1 saturated heterocycles. The minimum absolute atomic E-state index is 0.185. The summed E-state index contributed by atoms with van der Waals surface area (Å²) >= 11 is 0. The zero-order chi connectivity index (χ0) is 13.2. The Kier molecular flexibility index (Phi) is 4.35. The minimum Gasteiger partial charge on any atom is -0.388 e. The molecular formula is C15H29NO2. The highest BCUT2D eigenvalue weighted by Gasteiger charge is 2.39. The van der Waals surface area contributed by atoms with Gasteiger partial charge in [0.15, 0.2) is 0 Å². The van der Waals surface area contributed by atoms with E-state index in [1.54, 1.807) is 0 Å². The van der Waals surface area contributed by atoms with Crippen molar-refractivity contribution in [2.24, 2.45) is 5.92 Å². The summed E-state index contributed by atoms with van der Waals surface area (Å²) in [5.74, 6) is 0.883. The van der Waals surface area contributed by atoms with Crippen LogP contribution in [0.4, 0.5) is 0 Å². The molecule has 3 nitrogen and oxygen atoms in total. The molecule has 2 fully saturated rings. The third kappa shape index (κ3) is 3.94. The van der Waals surface area contributed by atoms with Gasteiger partial charge in [0.1, 0.15) is 0 Å². The second-order valence-electron chi connectivity index (χ2n) is 7.10. The van der Waals surface area contributed by atoms with Crippen molar-refractivity contribution >= 4 is 0 Å². The first-order valence-corrected chi connectivity index (χ1v) is 7.48. The van der Waals surface area contributed by atoms with Crippen molar-refractivity contribution in [1.82, 2.24) is 5.32 Å². The molecule has 1 aliphatic carbocycles.